The van der Waals surface area contributed by atoms with Crippen molar-refractivity contribution < 1.29 is 0 Å². The number of aryl methyl sites for hydroxylation is 2. The molecule has 0 fully saturated rings. The second kappa shape index (κ2) is 8.36. The summed E-state index contributed by atoms with van der Waals surface area (Å²) in [6.45, 7) is 13.2. The first-order valence-corrected chi connectivity index (χ1v) is 7.89. The number of nitrogens with one attached hydrogen (secondary N) is 1. The highest BCUT2D eigenvalue weighted by Crippen LogP contribution is 2.15. The Labute approximate surface area is 118 Å². The Kier molecular flexibility index (Phi) is 7.14. The van der Waals surface area contributed by atoms with Gasteiger partial charge in [0, 0.05) is 18.3 Å². The normalized spacial score (nSPS) is 13.2. The van der Waals surface area contributed by atoms with E-state index < -0.39 is 0 Å². The molecule has 1 N–H and O–H groups in total. The summed E-state index contributed by atoms with van der Waals surface area (Å²) in [7, 11) is 0. The molecule has 0 aliphatic rings. The van der Waals surface area contributed by atoms with Crippen LogP contribution in [0.5, 0.6) is 0 Å². The third kappa shape index (κ3) is 5.35. The van der Waals surface area contributed by atoms with Crippen LogP contribution in [0.1, 0.15) is 58.8 Å². The van der Waals surface area contributed by atoms with Crippen LogP contribution in [0.15, 0.2) is 6.07 Å². The predicted molar refractivity (Wildman–Crippen MR) is 82.5 cm³/mol. The topological polar surface area (TPSA) is 29.9 Å². The third-order valence-corrected chi connectivity index (χ3v) is 3.59. The van der Waals surface area contributed by atoms with Gasteiger partial charge in [-0.25, -0.2) is 0 Å². The van der Waals surface area contributed by atoms with E-state index in [1.807, 2.05) is 0 Å². The van der Waals surface area contributed by atoms with E-state index in [4.69, 9.17) is 0 Å². The quantitative estimate of drug-likeness (QED) is 0.741. The first-order chi connectivity index (χ1) is 9.10. The minimum absolute atomic E-state index is 0.571. The summed E-state index contributed by atoms with van der Waals surface area (Å²) >= 11 is 0. The number of hydrogen-bond donors (Lipinski definition) is 1. The van der Waals surface area contributed by atoms with Crippen LogP contribution in [-0.2, 0) is 19.4 Å². The van der Waals surface area contributed by atoms with Crippen LogP contribution in [0.25, 0.3) is 0 Å². The van der Waals surface area contributed by atoms with Crippen LogP contribution in [0.4, 0.5) is 0 Å². The zero-order valence-electron chi connectivity index (χ0n) is 13.4. The van der Waals surface area contributed by atoms with Gasteiger partial charge in [-0.05, 0) is 44.7 Å². The van der Waals surface area contributed by atoms with Crippen LogP contribution in [-0.4, -0.2) is 22.4 Å². The second-order valence-electron chi connectivity index (χ2n) is 5.72. The lowest BCUT2D eigenvalue weighted by Crippen LogP contribution is -2.30. The lowest BCUT2D eigenvalue weighted by atomic mass is 9.97. The molecule has 0 spiro atoms. The van der Waals surface area contributed by atoms with Crippen molar-refractivity contribution in [1.29, 1.82) is 0 Å². The molecule has 3 heteroatoms. The Hall–Kier alpha value is -0.830. The number of hydrogen-bond acceptors (Lipinski definition) is 2. The fourth-order valence-electron chi connectivity index (χ4n) is 2.51. The Balaban J connectivity index is 2.68. The summed E-state index contributed by atoms with van der Waals surface area (Å²) in [5, 5.41) is 8.23. The van der Waals surface area contributed by atoms with Crippen molar-refractivity contribution in [2.24, 2.45) is 5.92 Å². The second-order valence-corrected chi connectivity index (χ2v) is 5.72. The molecule has 1 heterocycles. The van der Waals surface area contributed by atoms with Crippen molar-refractivity contribution in [3.8, 4) is 0 Å². The van der Waals surface area contributed by atoms with Gasteiger partial charge in [0.05, 0.1) is 5.69 Å². The molecule has 1 aromatic rings. The van der Waals surface area contributed by atoms with Crippen molar-refractivity contribution in [2.45, 2.75) is 72.9 Å². The predicted octanol–water partition coefficient (Wildman–Crippen LogP) is 3.42. The zero-order valence-corrected chi connectivity index (χ0v) is 13.4. The lowest BCUT2D eigenvalue weighted by Gasteiger charge is -2.19. The van der Waals surface area contributed by atoms with Crippen molar-refractivity contribution >= 4 is 0 Å². The molecule has 1 rings (SSSR count). The molecule has 0 bridgehead atoms. The van der Waals surface area contributed by atoms with Crippen LogP contribution in [0, 0.1) is 5.92 Å². The van der Waals surface area contributed by atoms with Gasteiger partial charge < -0.3 is 5.32 Å². The molecule has 0 amide bonds. The number of nitrogens with zero attached hydrogens (tertiary/aromatic N) is 2. The van der Waals surface area contributed by atoms with Gasteiger partial charge in [0.2, 0.25) is 0 Å². The molecule has 1 unspecified atom stereocenters. The highest BCUT2D eigenvalue weighted by molar-refractivity contribution is 5.11. The molecular formula is C16H31N3. The van der Waals surface area contributed by atoms with Crippen LogP contribution in [0.2, 0.25) is 0 Å². The molecule has 0 saturated heterocycles. The molecule has 0 aromatic carbocycles. The van der Waals surface area contributed by atoms with E-state index in [9.17, 15) is 0 Å². The summed E-state index contributed by atoms with van der Waals surface area (Å²) in [5.41, 5.74) is 2.63. The standard InChI is InChI=1S/C16H31N3/c1-6-9-14(12-17-13(4)5)10-16-11-15(7-2)18-19(16)8-3/h11,13-14,17H,6-10,12H2,1-5H3. The van der Waals surface area contributed by atoms with Gasteiger partial charge in [0.1, 0.15) is 0 Å². The van der Waals surface area contributed by atoms with Gasteiger partial charge in [-0.1, -0.05) is 34.1 Å². The molecule has 3 nitrogen and oxygen atoms in total. The van der Waals surface area contributed by atoms with E-state index >= 15 is 0 Å². The Bertz CT molecular complexity index is 355. The van der Waals surface area contributed by atoms with E-state index in [1.165, 1.54) is 24.2 Å². The minimum Gasteiger partial charge on any atom is -0.314 e. The molecular weight excluding hydrogens is 234 g/mol. The third-order valence-electron chi connectivity index (χ3n) is 3.59. The van der Waals surface area contributed by atoms with Gasteiger partial charge in [-0.2, -0.15) is 5.10 Å². The highest BCUT2D eigenvalue weighted by atomic mass is 15.3. The summed E-state index contributed by atoms with van der Waals surface area (Å²) in [4.78, 5) is 0. The van der Waals surface area contributed by atoms with Crippen LogP contribution in [0.3, 0.4) is 0 Å². The first kappa shape index (κ1) is 16.2. The lowest BCUT2D eigenvalue weighted by molar-refractivity contribution is 0.407. The highest BCUT2D eigenvalue weighted by Gasteiger charge is 2.13. The summed E-state index contributed by atoms with van der Waals surface area (Å²) in [6.07, 6.45) is 4.72. The van der Waals surface area contributed by atoms with Crippen molar-refractivity contribution in [3.05, 3.63) is 17.5 Å². The number of rotatable bonds is 9. The molecule has 19 heavy (non-hydrogen) atoms. The SMILES string of the molecule is CCCC(CNC(C)C)Cc1cc(CC)nn1CC. The van der Waals surface area contributed by atoms with E-state index in [0.29, 0.717) is 6.04 Å². The van der Waals surface area contributed by atoms with Crippen molar-refractivity contribution in [1.82, 2.24) is 15.1 Å². The maximum atomic E-state index is 4.65. The molecule has 1 atom stereocenters. The number of aromatic nitrogens is 2. The smallest absolute Gasteiger partial charge is 0.0624 e. The first-order valence-electron chi connectivity index (χ1n) is 7.89. The Morgan fingerprint density at radius 2 is 2.00 bits per heavy atom. The fourth-order valence-corrected chi connectivity index (χ4v) is 2.51. The van der Waals surface area contributed by atoms with Gasteiger partial charge in [-0.3, -0.25) is 4.68 Å². The van der Waals surface area contributed by atoms with E-state index in [2.05, 4.69) is 55.8 Å². The molecule has 0 aliphatic carbocycles. The zero-order chi connectivity index (χ0) is 14.3. The van der Waals surface area contributed by atoms with Crippen LogP contribution >= 0.6 is 0 Å². The summed E-state index contributed by atoms with van der Waals surface area (Å²) in [5.74, 6) is 0.721. The van der Waals surface area contributed by atoms with Crippen molar-refractivity contribution in [3.63, 3.8) is 0 Å². The van der Waals surface area contributed by atoms with Gasteiger partial charge in [0.15, 0.2) is 0 Å². The van der Waals surface area contributed by atoms with Gasteiger partial charge in [0.25, 0.3) is 0 Å². The largest absolute Gasteiger partial charge is 0.314 e. The molecule has 0 radical (unpaired) electrons. The monoisotopic (exact) mass is 265 g/mol. The molecule has 0 saturated carbocycles. The summed E-state index contributed by atoms with van der Waals surface area (Å²) in [6, 6.07) is 2.86. The van der Waals surface area contributed by atoms with E-state index in [0.717, 1.165) is 31.8 Å². The Morgan fingerprint density at radius 1 is 1.26 bits per heavy atom. The molecule has 1 aromatic heterocycles. The van der Waals surface area contributed by atoms with Gasteiger partial charge in [-0.15, -0.1) is 0 Å². The van der Waals surface area contributed by atoms with E-state index in [-0.39, 0.29) is 0 Å². The van der Waals surface area contributed by atoms with E-state index in [1.54, 1.807) is 0 Å². The maximum Gasteiger partial charge on any atom is 0.0624 e. The Morgan fingerprint density at radius 3 is 2.53 bits per heavy atom. The fraction of sp³-hybridized carbons (Fsp3) is 0.812. The molecule has 0 aliphatic heterocycles. The maximum absolute atomic E-state index is 4.65. The average molecular weight is 265 g/mol. The van der Waals surface area contributed by atoms with Crippen LogP contribution < -0.4 is 5.32 Å². The average Bonchev–Trinajstić information content (AvgIpc) is 2.78. The van der Waals surface area contributed by atoms with Gasteiger partial charge >= 0.3 is 0 Å². The minimum atomic E-state index is 0.571. The van der Waals surface area contributed by atoms with Crippen molar-refractivity contribution in [2.75, 3.05) is 6.54 Å². The molecule has 110 valence electrons. The summed E-state index contributed by atoms with van der Waals surface area (Å²) < 4.78 is 2.18.